The van der Waals surface area contributed by atoms with Crippen LogP contribution in [0.3, 0.4) is 0 Å². The molecule has 1 rings (SSSR count). The molecule has 1 heterocycles. The number of H-pyrrole nitrogens is 1. The molecule has 0 radical (unpaired) electrons. The number of aryl methyl sites for hydroxylation is 2. The van der Waals surface area contributed by atoms with Gasteiger partial charge in [-0.3, -0.25) is 5.10 Å². The van der Waals surface area contributed by atoms with Gasteiger partial charge in [-0.05, 0) is 31.7 Å². The lowest BCUT2D eigenvalue weighted by Gasteiger charge is -2.14. The lowest BCUT2D eigenvalue weighted by Crippen LogP contribution is -2.46. The first kappa shape index (κ1) is 16.0. The number of hydrogen-bond donors (Lipinski definition) is 4. The minimum absolute atomic E-state index is 0.428. The molecule has 7 nitrogen and oxygen atoms in total. The molecule has 20 heavy (non-hydrogen) atoms. The Balaban J connectivity index is 2.22. The summed E-state index contributed by atoms with van der Waals surface area (Å²) in [6.07, 6.45) is 4.50. The van der Waals surface area contributed by atoms with Crippen LogP contribution in [0.5, 0.6) is 0 Å². The maximum atomic E-state index is 11.6. The highest BCUT2D eigenvalue weighted by Crippen LogP contribution is 2.05. The zero-order valence-corrected chi connectivity index (χ0v) is 11.9. The quantitative estimate of drug-likeness (QED) is 0.537. The Morgan fingerprint density at radius 2 is 2.25 bits per heavy atom. The third-order valence-corrected chi connectivity index (χ3v) is 3.02. The van der Waals surface area contributed by atoms with E-state index in [1.54, 1.807) is 6.20 Å². The summed E-state index contributed by atoms with van der Waals surface area (Å²) in [5.74, 6) is -1.00. The van der Waals surface area contributed by atoms with E-state index in [0.717, 1.165) is 24.1 Å². The number of aliphatic carboxylic acids is 1. The lowest BCUT2D eigenvalue weighted by molar-refractivity contribution is -0.139. The Morgan fingerprint density at radius 3 is 2.80 bits per heavy atom. The molecule has 0 aliphatic rings. The maximum Gasteiger partial charge on any atom is 0.326 e. The number of hydrogen-bond acceptors (Lipinski definition) is 3. The van der Waals surface area contributed by atoms with E-state index in [9.17, 15) is 9.59 Å². The summed E-state index contributed by atoms with van der Waals surface area (Å²) in [5.41, 5.74) is 2.16. The summed E-state index contributed by atoms with van der Waals surface area (Å²) in [7, 11) is 0. The summed E-state index contributed by atoms with van der Waals surface area (Å²) >= 11 is 0. The summed E-state index contributed by atoms with van der Waals surface area (Å²) < 4.78 is 0. The molecule has 0 saturated carbocycles. The number of carboxylic acids is 1. The summed E-state index contributed by atoms with van der Waals surface area (Å²) in [6.45, 7) is 4.32. The van der Waals surface area contributed by atoms with E-state index in [0.29, 0.717) is 19.4 Å². The van der Waals surface area contributed by atoms with Crippen molar-refractivity contribution in [2.75, 3.05) is 6.54 Å². The van der Waals surface area contributed by atoms with Crippen LogP contribution in [0.1, 0.15) is 37.4 Å². The number of carboxylic acid groups (broad SMARTS) is 1. The van der Waals surface area contributed by atoms with Crippen molar-refractivity contribution < 1.29 is 14.7 Å². The number of urea groups is 1. The van der Waals surface area contributed by atoms with Crippen molar-refractivity contribution in [1.82, 2.24) is 20.8 Å². The molecular formula is C13H22N4O3. The summed E-state index contributed by atoms with van der Waals surface area (Å²) in [6, 6.07) is -1.26. The highest BCUT2D eigenvalue weighted by atomic mass is 16.4. The average Bonchev–Trinajstić information content (AvgIpc) is 2.80. The van der Waals surface area contributed by atoms with E-state index in [-0.39, 0.29) is 0 Å². The number of carbonyl (C=O) groups excluding carboxylic acids is 1. The van der Waals surface area contributed by atoms with Crippen LogP contribution in [0.2, 0.25) is 0 Å². The Labute approximate surface area is 118 Å². The fourth-order valence-electron chi connectivity index (χ4n) is 1.86. The molecule has 1 aromatic rings. The van der Waals surface area contributed by atoms with Gasteiger partial charge in [0.15, 0.2) is 0 Å². The third-order valence-electron chi connectivity index (χ3n) is 3.02. The van der Waals surface area contributed by atoms with Gasteiger partial charge in [-0.2, -0.15) is 5.10 Å². The van der Waals surface area contributed by atoms with Gasteiger partial charge in [0.25, 0.3) is 0 Å². The first-order valence-corrected chi connectivity index (χ1v) is 6.80. The standard InChI is InChI=1S/C13H22N4O3/c1-3-5-11(12(18)19)16-13(20)14-7-4-6-10-8-15-17-9(10)2/h8,11H,3-7H2,1-2H3,(H,15,17)(H,18,19)(H2,14,16,20). The molecule has 0 aliphatic heterocycles. The first-order valence-electron chi connectivity index (χ1n) is 6.80. The van der Waals surface area contributed by atoms with Crippen LogP contribution in [0.15, 0.2) is 6.20 Å². The summed E-state index contributed by atoms with van der Waals surface area (Å²) in [4.78, 5) is 22.5. The van der Waals surface area contributed by atoms with Crippen LogP contribution in [0, 0.1) is 6.92 Å². The van der Waals surface area contributed by atoms with Crippen LogP contribution >= 0.6 is 0 Å². The van der Waals surface area contributed by atoms with Gasteiger partial charge in [-0.15, -0.1) is 0 Å². The zero-order valence-electron chi connectivity index (χ0n) is 11.9. The molecule has 1 aromatic heterocycles. The van der Waals surface area contributed by atoms with Gasteiger partial charge in [-0.25, -0.2) is 9.59 Å². The molecule has 0 bridgehead atoms. The van der Waals surface area contributed by atoms with Crippen molar-refractivity contribution in [3.63, 3.8) is 0 Å². The van der Waals surface area contributed by atoms with Crippen LogP contribution in [0.4, 0.5) is 4.79 Å². The monoisotopic (exact) mass is 282 g/mol. The number of aromatic nitrogens is 2. The zero-order chi connectivity index (χ0) is 15.0. The molecule has 0 fully saturated rings. The predicted molar refractivity (Wildman–Crippen MR) is 74.5 cm³/mol. The van der Waals surface area contributed by atoms with E-state index in [2.05, 4.69) is 20.8 Å². The van der Waals surface area contributed by atoms with Gasteiger partial charge >= 0.3 is 12.0 Å². The minimum Gasteiger partial charge on any atom is -0.480 e. The number of amides is 2. The number of nitrogens with one attached hydrogen (secondary N) is 3. The maximum absolute atomic E-state index is 11.6. The third kappa shape index (κ3) is 5.29. The molecule has 112 valence electrons. The van der Waals surface area contributed by atoms with Crippen molar-refractivity contribution in [3.8, 4) is 0 Å². The molecule has 1 unspecified atom stereocenters. The van der Waals surface area contributed by atoms with Gasteiger partial charge in [0, 0.05) is 12.2 Å². The lowest BCUT2D eigenvalue weighted by atomic mass is 10.1. The number of nitrogens with zero attached hydrogens (tertiary/aromatic N) is 1. The van der Waals surface area contributed by atoms with Gasteiger partial charge in [-0.1, -0.05) is 13.3 Å². The number of aromatic amines is 1. The minimum atomic E-state index is -1.00. The second kappa shape index (κ2) is 8.19. The molecule has 0 spiro atoms. The molecule has 2 amide bonds. The van der Waals surface area contributed by atoms with E-state index in [4.69, 9.17) is 5.11 Å². The largest absolute Gasteiger partial charge is 0.480 e. The molecule has 0 aromatic carbocycles. The fraction of sp³-hybridized carbons (Fsp3) is 0.615. The molecule has 4 N–H and O–H groups in total. The van der Waals surface area contributed by atoms with Crippen LogP contribution in [-0.2, 0) is 11.2 Å². The Bertz CT molecular complexity index is 445. The van der Waals surface area contributed by atoms with Gasteiger partial charge in [0.05, 0.1) is 6.20 Å². The van der Waals surface area contributed by atoms with Crippen LogP contribution in [-0.4, -0.2) is 39.9 Å². The van der Waals surface area contributed by atoms with Crippen molar-refractivity contribution >= 4 is 12.0 Å². The topological polar surface area (TPSA) is 107 Å². The Hall–Kier alpha value is -2.05. The first-order chi connectivity index (χ1) is 9.54. The number of carbonyl (C=O) groups is 2. The second-order valence-corrected chi connectivity index (χ2v) is 4.70. The Morgan fingerprint density at radius 1 is 1.50 bits per heavy atom. The van der Waals surface area contributed by atoms with Gasteiger partial charge < -0.3 is 15.7 Å². The number of rotatable bonds is 8. The van der Waals surface area contributed by atoms with Crippen molar-refractivity contribution in [2.45, 2.75) is 45.6 Å². The van der Waals surface area contributed by atoms with Crippen LogP contribution in [0.25, 0.3) is 0 Å². The Kier molecular flexibility index (Phi) is 6.55. The SMILES string of the molecule is CCCC(NC(=O)NCCCc1cn[nH]c1C)C(=O)O. The van der Waals surface area contributed by atoms with E-state index < -0.39 is 18.0 Å². The highest BCUT2D eigenvalue weighted by Gasteiger charge is 2.18. The second-order valence-electron chi connectivity index (χ2n) is 4.70. The molecular weight excluding hydrogens is 260 g/mol. The summed E-state index contributed by atoms with van der Waals surface area (Å²) in [5, 5.41) is 20.8. The van der Waals surface area contributed by atoms with E-state index >= 15 is 0 Å². The molecule has 0 aliphatic carbocycles. The normalized spacial score (nSPS) is 11.9. The molecule has 1 atom stereocenters. The van der Waals surface area contributed by atoms with Crippen molar-refractivity contribution in [3.05, 3.63) is 17.5 Å². The fourth-order valence-corrected chi connectivity index (χ4v) is 1.86. The van der Waals surface area contributed by atoms with Crippen molar-refractivity contribution in [1.29, 1.82) is 0 Å². The van der Waals surface area contributed by atoms with Crippen molar-refractivity contribution in [2.24, 2.45) is 0 Å². The molecule has 7 heteroatoms. The van der Waals surface area contributed by atoms with Gasteiger partial charge in [0.2, 0.25) is 0 Å². The molecule has 0 saturated heterocycles. The average molecular weight is 282 g/mol. The van der Waals surface area contributed by atoms with E-state index in [1.807, 2.05) is 13.8 Å². The van der Waals surface area contributed by atoms with Crippen LogP contribution < -0.4 is 10.6 Å². The van der Waals surface area contributed by atoms with E-state index in [1.165, 1.54) is 0 Å². The smallest absolute Gasteiger partial charge is 0.326 e. The highest BCUT2D eigenvalue weighted by molar-refractivity contribution is 5.82. The predicted octanol–water partition coefficient (Wildman–Crippen LogP) is 1.20. The van der Waals surface area contributed by atoms with Gasteiger partial charge in [0.1, 0.15) is 6.04 Å².